The summed E-state index contributed by atoms with van der Waals surface area (Å²) in [7, 11) is 0. The van der Waals surface area contributed by atoms with E-state index in [4.69, 9.17) is 10.5 Å². The first kappa shape index (κ1) is 20.3. The Balaban J connectivity index is 1.54. The number of halogens is 1. The number of rotatable bonds is 6. The molecule has 150 valence electrons. The maximum atomic E-state index is 12.9. The number of piperazine rings is 1. The number of nitrogens with two attached hydrogens (primary N) is 1. The van der Waals surface area contributed by atoms with Gasteiger partial charge in [-0.05, 0) is 47.9 Å². The molecule has 1 saturated heterocycles. The Morgan fingerprint density at radius 2 is 1.82 bits per heavy atom. The van der Waals surface area contributed by atoms with Crippen molar-refractivity contribution in [2.75, 3.05) is 26.2 Å². The third kappa shape index (κ3) is 5.30. The average Bonchev–Trinajstić information content (AvgIpc) is 2.69. The molecule has 0 bridgehead atoms. The van der Waals surface area contributed by atoms with Gasteiger partial charge >= 0.3 is 0 Å². The maximum absolute atomic E-state index is 12.9. The summed E-state index contributed by atoms with van der Waals surface area (Å²) in [5, 5.41) is 0. The van der Waals surface area contributed by atoms with Crippen molar-refractivity contribution in [1.29, 1.82) is 0 Å². The molecule has 1 aliphatic heterocycles. The second-order valence-electron chi connectivity index (χ2n) is 7.65. The second-order valence-corrected chi connectivity index (χ2v) is 7.65. The zero-order chi connectivity index (χ0) is 20.1. The predicted octanol–water partition coefficient (Wildman–Crippen LogP) is 3.10. The quantitative estimate of drug-likeness (QED) is 0.830. The Labute approximate surface area is 165 Å². The van der Waals surface area contributed by atoms with E-state index in [9.17, 15) is 9.18 Å². The topological polar surface area (TPSA) is 58.8 Å². The van der Waals surface area contributed by atoms with E-state index in [2.05, 4.69) is 18.7 Å². The fourth-order valence-corrected chi connectivity index (χ4v) is 3.35. The molecule has 3 rings (SSSR count). The SMILES string of the molecule is CC(C)CN1CCN(C(=O)c2ccc(OCc3ccc(F)cc3)cc2)CC1N. The molecule has 2 N–H and O–H groups in total. The van der Waals surface area contributed by atoms with Crippen molar-refractivity contribution in [3.63, 3.8) is 0 Å². The highest BCUT2D eigenvalue weighted by atomic mass is 19.1. The molecule has 1 aliphatic rings. The van der Waals surface area contributed by atoms with Crippen molar-refractivity contribution in [2.24, 2.45) is 11.7 Å². The van der Waals surface area contributed by atoms with E-state index in [1.807, 2.05) is 4.90 Å². The number of amides is 1. The summed E-state index contributed by atoms with van der Waals surface area (Å²) in [5.74, 6) is 0.941. The van der Waals surface area contributed by atoms with E-state index < -0.39 is 0 Å². The summed E-state index contributed by atoms with van der Waals surface area (Å²) in [5.41, 5.74) is 7.76. The van der Waals surface area contributed by atoms with Crippen LogP contribution in [0.2, 0.25) is 0 Å². The zero-order valence-corrected chi connectivity index (χ0v) is 16.5. The molecule has 2 aromatic carbocycles. The van der Waals surface area contributed by atoms with Crippen LogP contribution in [-0.4, -0.2) is 48.1 Å². The highest BCUT2D eigenvalue weighted by Crippen LogP contribution is 2.17. The van der Waals surface area contributed by atoms with Crippen LogP contribution in [-0.2, 0) is 6.61 Å². The summed E-state index contributed by atoms with van der Waals surface area (Å²) >= 11 is 0. The molecule has 1 heterocycles. The van der Waals surface area contributed by atoms with Gasteiger partial charge in [0.1, 0.15) is 18.2 Å². The fraction of sp³-hybridized carbons (Fsp3) is 0.409. The van der Waals surface area contributed by atoms with Crippen LogP contribution < -0.4 is 10.5 Å². The Bertz CT molecular complexity index is 777. The van der Waals surface area contributed by atoms with E-state index in [0.717, 1.165) is 18.7 Å². The van der Waals surface area contributed by atoms with Crippen LogP contribution in [0.3, 0.4) is 0 Å². The van der Waals surface area contributed by atoms with Gasteiger partial charge in [-0.25, -0.2) is 4.39 Å². The van der Waals surface area contributed by atoms with Gasteiger partial charge in [0.2, 0.25) is 0 Å². The summed E-state index contributed by atoms with van der Waals surface area (Å²) in [6.07, 6.45) is -0.126. The third-order valence-electron chi connectivity index (χ3n) is 4.84. The largest absolute Gasteiger partial charge is 0.489 e. The van der Waals surface area contributed by atoms with Crippen molar-refractivity contribution in [2.45, 2.75) is 26.6 Å². The first-order chi connectivity index (χ1) is 13.4. The van der Waals surface area contributed by atoms with E-state index in [-0.39, 0.29) is 17.9 Å². The van der Waals surface area contributed by atoms with Gasteiger partial charge in [0.05, 0.1) is 6.17 Å². The van der Waals surface area contributed by atoms with Gasteiger partial charge in [0, 0.05) is 31.7 Å². The molecule has 6 heteroatoms. The lowest BCUT2D eigenvalue weighted by atomic mass is 10.1. The normalized spacial score (nSPS) is 17.8. The minimum absolute atomic E-state index is 0.00951. The minimum atomic E-state index is -0.267. The molecule has 0 aromatic heterocycles. The molecule has 0 aliphatic carbocycles. The predicted molar refractivity (Wildman–Crippen MR) is 107 cm³/mol. The Morgan fingerprint density at radius 3 is 2.43 bits per heavy atom. The molecule has 1 atom stereocenters. The van der Waals surface area contributed by atoms with Gasteiger partial charge in [0.15, 0.2) is 0 Å². The van der Waals surface area contributed by atoms with Crippen molar-refractivity contribution in [3.05, 3.63) is 65.5 Å². The number of hydrogen-bond donors (Lipinski definition) is 1. The Kier molecular flexibility index (Phi) is 6.65. The molecular formula is C22H28FN3O2. The lowest BCUT2D eigenvalue weighted by molar-refractivity contribution is 0.0462. The third-order valence-corrected chi connectivity index (χ3v) is 4.84. The molecule has 0 saturated carbocycles. The summed E-state index contributed by atoms with van der Waals surface area (Å²) in [6.45, 7) is 7.65. The van der Waals surface area contributed by atoms with E-state index in [1.54, 1.807) is 36.4 Å². The zero-order valence-electron chi connectivity index (χ0n) is 16.5. The molecule has 1 fully saturated rings. The number of ether oxygens (including phenoxy) is 1. The van der Waals surface area contributed by atoms with Crippen LogP contribution in [0.25, 0.3) is 0 Å². The van der Waals surface area contributed by atoms with Crippen LogP contribution in [0.15, 0.2) is 48.5 Å². The lowest BCUT2D eigenvalue weighted by Gasteiger charge is -2.40. The van der Waals surface area contributed by atoms with Gasteiger partial charge in [-0.3, -0.25) is 9.69 Å². The van der Waals surface area contributed by atoms with Crippen molar-refractivity contribution in [3.8, 4) is 5.75 Å². The van der Waals surface area contributed by atoms with Crippen LogP contribution in [0.1, 0.15) is 29.8 Å². The number of benzene rings is 2. The first-order valence-corrected chi connectivity index (χ1v) is 9.68. The lowest BCUT2D eigenvalue weighted by Crippen LogP contribution is -2.59. The van der Waals surface area contributed by atoms with Gasteiger partial charge in [-0.1, -0.05) is 26.0 Å². The maximum Gasteiger partial charge on any atom is 0.254 e. The molecule has 0 radical (unpaired) electrons. The molecular weight excluding hydrogens is 357 g/mol. The van der Waals surface area contributed by atoms with Crippen LogP contribution in [0, 0.1) is 11.7 Å². The molecule has 28 heavy (non-hydrogen) atoms. The Morgan fingerprint density at radius 1 is 1.14 bits per heavy atom. The number of nitrogens with zero attached hydrogens (tertiary/aromatic N) is 2. The molecule has 1 amide bonds. The van der Waals surface area contributed by atoms with E-state index in [0.29, 0.717) is 36.9 Å². The average molecular weight is 385 g/mol. The molecule has 1 unspecified atom stereocenters. The van der Waals surface area contributed by atoms with Crippen LogP contribution in [0.4, 0.5) is 4.39 Å². The van der Waals surface area contributed by atoms with Crippen molar-refractivity contribution < 1.29 is 13.9 Å². The number of hydrogen-bond acceptors (Lipinski definition) is 4. The van der Waals surface area contributed by atoms with Crippen molar-refractivity contribution >= 4 is 5.91 Å². The highest BCUT2D eigenvalue weighted by Gasteiger charge is 2.27. The standard InChI is InChI=1S/C22H28FN3O2/c1-16(2)13-25-11-12-26(14-21(25)24)22(27)18-5-9-20(10-6-18)28-15-17-3-7-19(23)8-4-17/h3-10,16,21H,11-15,24H2,1-2H3. The smallest absolute Gasteiger partial charge is 0.254 e. The van der Waals surface area contributed by atoms with Gasteiger partial charge < -0.3 is 15.4 Å². The number of carbonyl (C=O) groups excluding carboxylic acids is 1. The summed E-state index contributed by atoms with van der Waals surface area (Å²) < 4.78 is 18.6. The van der Waals surface area contributed by atoms with Gasteiger partial charge in [-0.15, -0.1) is 0 Å². The molecule has 5 nitrogen and oxygen atoms in total. The first-order valence-electron chi connectivity index (χ1n) is 9.68. The highest BCUT2D eigenvalue weighted by molar-refractivity contribution is 5.94. The second kappa shape index (κ2) is 9.17. The van der Waals surface area contributed by atoms with E-state index >= 15 is 0 Å². The summed E-state index contributed by atoms with van der Waals surface area (Å²) in [4.78, 5) is 16.8. The van der Waals surface area contributed by atoms with Crippen molar-refractivity contribution in [1.82, 2.24) is 9.80 Å². The van der Waals surface area contributed by atoms with Gasteiger partial charge in [-0.2, -0.15) is 0 Å². The fourth-order valence-electron chi connectivity index (χ4n) is 3.35. The minimum Gasteiger partial charge on any atom is -0.489 e. The summed E-state index contributed by atoms with van der Waals surface area (Å²) in [6, 6.07) is 13.3. The van der Waals surface area contributed by atoms with E-state index in [1.165, 1.54) is 12.1 Å². The molecule has 0 spiro atoms. The van der Waals surface area contributed by atoms with Gasteiger partial charge in [0.25, 0.3) is 5.91 Å². The number of carbonyl (C=O) groups is 1. The molecule has 2 aromatic rings. The monoisotopic (exact) mass is 385 g/mol. The Hall–Kier alpha value is -2.44. The van der Waals surface area contributed by atoms with Crippen LogP contribution in [0.5, 0.6) is 5.75 Å². The van der Waals surface area contributed by atoms with Crippen LogP contribution >= 0.6 is 0 Å².